The molecule has 0 aliphatic carbocycles. The quantitative estimate of drug-likeness (QED) is 0.726. The molecule has 4 heteroatoms. The molecule has 4 nitrogen and oxygen atoms in total. The molecule has 2 aromatic heterocycles. The monoisotopic (exact) mass is 268 g/mol. The van der Waals surface area contributed by atoms with Crippen LogP contribution in [0.15, 0.2) is 40.9 Å². The van der Waals surface area contributed by atoms with Gasteiger partial charge in [-0.05, 0) is 43.2 Å². The Morgan fingerprint density at radius 2 is 1.95 bits per heavy atom. The van der Waals surface area contributed by atoms with E-state index in [1.54, 1.807) is 6.20 Å². The topological polar surface area (TPSA) is 48.2 Å². The number of hydrogen-bond donors (Lipinski definition) is 0. The van der Waals surface area contributed by atoms with Gasteiger partial charge < -0.3 is 9.15 Å². The maximum atomic E-state index is 5.68. The SMILES string of the molecule is CCOc1ccc(Cc2nc3c(C)ccnc3o2)cc1. The molecule has 0 atom stereocenters. The van der Waals surface area contributed by atoms with E-state index in [0.717, 1.165) is 22.4 Å². The summed E-state index contributed by atoms with van der Waals surface area (Å²) in [7, 11) is 0. The molecule has 0 saturated carbocycles. The van der Waals surface area contributed by atoms with E-state index in [4.69, 9.17) is 9.15 Å². The number of nitrogens with zero attached hydrogens (tertiary/aromatic N) is 2. The molecule has 0 N–H and O–H groups in total. The summed E-state index contributed by atoms with van der Waals surface area (Å²) in [4.78, 5) is 8.70. The second-order valence-corrected chi connectivity index (χ2v) is 4.64. The Morgan fingerprint density at radius 1 is 1.15 bits per heavy atom. The highest BCUT2D eigenvalue weighted by Crippen LogP contribution is 2.20. The van der Waals surface area contributed by atoms with Gasteiger partial charge in [0.2, 0.25) is 11.6 Å². The Balaban J connectivity index is 1.83. The minimum absolute atomic E-state index is 0.603. The van der Waals surface area contributed by atoms with Crippen molar-refractivity contribution in [2.24, 2.45) is 0 Å². The highest BCUT2D eigenvalue weighted by atomic mass is 16.5. The predicted molar refractivity (Wildman–Crippen MR) is 77.0 cm³/mol. The van der Waals surface area contributed by atoms with Crippen molar-refractivity contribution in [2.45, 2.75) is 20.3 Å². The van der Waals surface area contributed by atoms with Crippen LogP contribution in [0.1, 0.15) is 23.9 Å². The van der Waals surface area contributed by atoms with Crippen LogP contribution in [0.5, 0.6) is 5.75 Å². The maximum absolute atomic E-state index is 5.68. The molecule has 3 aromatic rings. The fourth-order valence-electron chi connectivity index (χ4n) is 2.12. The first-order valence-corrected chi connectivity index (χ1v) is 6.69. The van der Waals surface area contributed by atoms with Crippen LogP contribution in [-0.4, -0.2) is 16.6 Å². The normalized spacial score (nSPS) is 10.9. The van der Waals surface area contributed by atoms with Crippen LogP contribution in [0.2, 0.25) is 0 Å². The van der Waals surface area contributed by atoms with Crippen LogP contribution in [0.4, 0.5) is 0 Å². The zero-order chi connectivity index (χ0) is 13.9. The number of aryl methyl sites for hydroxylation is 1. The lowest BCUT2D eigenvalue weighted by Crippen LogP contribution is -1.92. The van der Waals surface area contributed by atoms with Crippen molar-refractivity contribution in [1.82, 2.24) is 9.97 Å². The van der Waals surface area contributed by atoms with Crippen LogP contribution < -0.4 is 4.74 Å². The molecular formula is C16H16N2O2. The molecule has 1 aromatic carbocycles. The van der Waals surface area contributed by atoms with Crippen molar-refractivity contribution in [3.63, 3.8) is 0 Å². The first-order chi connectivity index (χ1) is 9.76. The predicted octanol–water partition coefficient (Wildman–Crippen LogP) is 3.52. The third-order valence-corrected chi connectivity index (χ3v) is 3.13. The molecule has 0 fully saturated rings. The number of pyridine rings is 1. The number of ether oxygens (including phenoxy) is 1. The maximum Gasteiger partial charge on any atom is 0.247 e. The summed E-state index contributed by atoms with van der Waals surface area (Å²) in [5.41, 5.74) is 3.66. The number of oxazole rings is 1. The van der Waals surface area contributed by atoms with Gasteiger partial charge >= 0.3 is 0 Å². The van der Waals surface area contributed by atoms with Crippen LogP contribution in [0.25, 0.3) is 11.2 Å². The third-order valence-electron chi connectivity index (χ3n) is 3.13. The molecule has 20 heavy (non-hydrogen) atoms. The summed E-state index contributed by atoms with van der Waals surface area (Å²) in [5, 5.41) is 0. The Labute approximate surface area is 117 Å². The second-order valence-electron chi connectivity index (χ2n) is 4.64. The largest absolute Gasteiger partial charge is 0.494 e. The van der Waals surface area contributed by atoms with E-state index in [-0.39, 0.29) is 0 Å². The van der Waals surface area contributed by atoms with E-state index >= 15 is 0 Å². The van der Waals surface area contributed by atoms with Crippen molar-refractivity contribution < 1.29 is 9.15 Å². The molecule has 0 aliphatic heterocycles. The van der Waals surface area contributed by atoms with Gasteiger partial charge in [0.25, 0.3) is 0 Å². The Bertz CT molecular complexity index is 717. The first kappa shape index (κ1) is 12.7. The molecule has 0 saturated heterocycles. The first-order valence-electron chi connectivity index (χ1n) is 6.69. The van der Waals surface area contributed by atoms with Crippen LogP contribution in [0, 0.1) is 6.92 Å². The highest BCUT2D eigenvalue weighted by molar-refractivity contribution is 5.71. The van der Waals surface area contributed by atoms with Gasteiger partial charge in [-0.25, -0.2) is 9.97 Å². The van der Waals surface area contributed by atoms with Crippen LogP contribution >= 0.6 is 0 Å². The Hall–Kier alpha value is -2.36. The standard InChI is InChI=1S/C16H16N2O2/c1-3-19-13-6-4-12(5-7-13)10-14-18-15-11(2)8-9-17-16(15)20-14/h4-9H,3,10H2,1-2H3. The van der Waals surface area contributed by atoms with Crippen molar-refractivity contribution in [3.05, 3.63) is 53.5 Å². The summed E-state index contributed by atoms with van der Waals surface area (Å²) < 4.78 is 11.1. The Kier molecular flexibility index (Phi) is 3.37. The molecule has 102 valence electrons. The zero-order valence-electron chi connectivity index (χ0n) is 11.6. The van der Waals surface area contributed by atoms with Gasteiger partial charge in [-0.1, -0.05) is 12.1 Å². The molecule has 0 aliphatic rings. The van der Waals surface area contributed by atoms with E-state index in [1.807, 2.05) is 44.2 Å². The lowest BCUT2D eigenvalue weighted by atomic mass is 10.1. The van der Waals surface area contributed by atoms with Gasteiger partial charge in [-0.2, -0.15) is 0 Å². The summed E-state index contributed by atoms with van der Waals surface area (Å²) in [5.74, 6) is 1.57. The van der Waals surface area contributed by atoms with Crippen molar-refractivity contribution in [1.29, 1.82) is 0 Å². The lowest BCUT2D eigenvalue weighted by Gasteiger charge is -2.03. The van der Waals surface area contributed by atoms with Gasteiger partial charge in [-0.15, -0.1) is 0 Å². The highest BCUT2D eigenvalue weighted by Gasteiger charge is 2.09. The zero-order valence-corrected chi connectivity index (χ0v) is 11.6. The fourth-order valence-corrected chi connectivity index (χ4v) is 2.12. The summed E-state index contributed by atoms with van der Waals surface area (Å²) in [6, 6.07) is 9.92. The minimum Gasteiger partial charge on any atom is -0.494 e. The van der Waals surface area contributed by atoms with Gasteiger partial charge in [0, 0.05) is 12.6 Å². The summed E-state index contributed by atoms with van der Waals surface area (Å²) in [6.45, 7) is 4.66. The van der Waals surface area contributed by atoms with E-state index < -0.39 is 0 Å². The van der Waals surface area contributed by atoms with Crippen LogP contribution in [0.3, 0.4) is 0 Å². The number of aromatic nitrogens is 2. The average molecular weight is 268 g/mol. The molecule has 0 radical (unpaired) electrons. The van der Waals surface area contributed by atoms with Crippen LogP contribution in [-0.2, 0) is 6.42 Å². The summed E-state index contributed by atoms with van der Waals surface area (Å²) >= 11 is 0. The van der Waals surface area contributed by atoms with E-state index in [9.17, 15) is 0 Å². The number of fused-ring (bicyclic) bond motifs is 1. The van der Waals surface area contributed by atoms with Crippen molar-refractivity contribution in [2.75, 3.05) is 6.61 Å². The lowest BCUT2D eigenvalue weighted by molar-refractivity contribution is 0.340. The smallest absolute Gasteiger partial charge is 0.247 e. The molecule has 0 unspecified atom stereocenters. The molecule has 0 amide bonds. The van der Waals surface area contributed by atoms with Gasteiger partial charge in [0.05, 0.1) is 6.61 Å². The number of rotatable bonds is 4. The van der Waals surface area contributed by atoms with E-state index in [1.165, 1.54) is 0 Å². The van der Waals surface area contributed by atoms with Gasteiger partial charge in [-0.3, -0.25) is 0 Å². The van der Waals surface area contributed by atoms with Crippen molar-refractivity contribution in [3.8, 4) is 5.75 Å². The van der Waals surface area contributed by atoms with E-state index in [0.29, 0.717) is 24.6 Å². The fraction of sp³-hybridized carbons (Fsp3) is 0.250. The third kappa shape index (κ3) is 2.50. The number of benzene rings is 1. The average Bonchev–Trinajstić information content (AvgIpc) is 2.85. The minimum atomic E-state index is 0.603. The Morgan fingerprint density at radius 3 is 2.65 bits per heavy atom. The molecule has 0 bridgehead atoms. The molecule has 2 heterocycles. The van der Waals surface area contributed by atoms with E-state index in [2.05, 4.69) is 9.97 Å². The molecule has 3 rings (SSSR count). The molecular weight excluding hydrogens is 252 g/mol. The number of hydrogen-bond acceptors (Lipinski definition) is 4. The second kappa shape index (κ2) is 5.33. The van der Waals surface area contributed by atoms with Gasteiger partial charge in [0.15, 0.2) is 0 Å². The summed E-state index contributed by atoms with van der Waals surface area (Å²) in [6.07, 6.45) is 2.39. The van der Waals surface area contributed by atoms with Crippen molar-refractivity contribution >= 4 is 11.2 Å². The molecule has 0 spiro atoms. The van der Waals surface area contributed by atoms with Gasteiger partial charge in [0.1, 0.15) is 11.3 Å².